The van der Waals surface area contributed by atoms with Crippen molar-refractivity contribution in [2.24, 2.45) is 5.92 Å². The fourth-order valence-corrected chi connectivity index (χ4v) is 2.56. The molecule has 0 saturated heterocycles. The van der Waals surface area contributed by atoms with E-state index in [1.165, 1.54) is 18.4 Å². The van der Waals surface area contributed by atoms with Crippen LogP contribution in [0.15, 0.2) is 22.7 Å². The molecule has 1 aliphatic heterocycles. The van der Waals surface area contributed by atoms with Gasteiger partial charge in [-0.2, -0.15) is 0 Å². The molecule has 0 N–H and O–H groups in total. The Balaban J connectivity index is 1.78. The maximum atomic E-state index is 6.06. The van der Waals surface area contributed by atoms with E-state index in [2.05, 4.69) is 28.1 Å². The molecular weight excluding hydrogens is 280 g/mol. The summed E-state index contributed by atoms with van der Waals surface area (Å²) in [4.78, 5) is 0. The highest BCUT2D eigenvalue weighted by Crippen LogP contribution is 2.38. The molecule has 1 aliphatic carbocycles. The normalized spacial score (nSPS) is 23.7. The fourth-order valence-electron chi connectivity index (χ4n) is 2.22. The molecule has 1 aromatic carbocycles. The highest BCUT2D eigenvalue weighted by atomic mass is 79.9. The van der Waals surface area contributed by atoms with Crippen LogP contribution in [0, 0.1) is 5.92 Å². The topological polar surface area (TPSA) is 18.5 Å². The first kappa shape index (κ1) is 11.5. The zero-order valence-corrected chi connectivity index (χ0v) is 11.4. The Kier molecular flexibility index (Phi) is 3.39. The third kappa shape index (κ3) is 2.83. The largest absolute Gasteiger partial charge is 0.493 e. The standard InChI is InChI=1S/C14H17BrO2/c15-11-5-6-12-13(17-9-10-3-4-10)2-1-7-16-14(12)8-11/h5-6,8,10,13H,1-4,7,9H2. The summed E-state index contributed by atoms with van der Waals surface area (Å²) in [6.45, 7) is 1.72. The van der Waals surface area contributed by atoms with Crippen molar-refractivity contribution in [1.29, 1.82) is 0 Å². The molecule has 0 radical (unpaired) electrons. The SMILES string of the molecule is Brc1ccc2c(c1)OCCCC2OCC1CC1. The van der Waals surface area contributed by atoms with Gasteiger partial charge in [0, 0.05) is 10.0 Å². The van der Waals surface area contributed by atoms with Crippen LogP contribution in [-0.2, 0) is 4.74 Å². The van der Waals surface area contributed by atoms with E-state index in [0.29, 0.717) is 0 Å². The van der Waals surface area contributed by atoms with Crippen molar-refractivity contribution in [2.45, 2.75) is 31.8 Å². The van der Waals surface area contributed by atoms with Gasteiger partial charge in [-0.25, -0.2) is 0 Å². The summed E-state index contributed by atoms with van der Waals surface area (Å²) in [5, 5.41) is 0. The van der Waals surface area contributed by atoms with Crippen molar-refractivity contribution >= 4 is 15.9 Å². The molecule has 92 valence electrons. The summed E-state index contributed by atoms with van der Waals surface area (Å²) in [5.41, 5.74) is 1.21. The summed E-state index contributed by atoms with van der Waals surface area (Å²) >= 11 is 3.49. The smallest absolute Gasteiger partial charge is 0.126 e. The second kappa shape index (κ2) is 4.99. The van der Waals surface area contributed by atoms with Crippen LogP contribution in [0.1, 0.15) is 37.4 Å². The van der Waals surface area contributed by atoms with E-state index in [-0.39, 0.29) is 6.10 Å². The summed E-state index contributed by atoms with van der Waals surface area (Å²) in [6.07, 6.45) is 5.05. The van der Waals surface area contributed by atoms with Gasteiger partial charge in [-0.15, -0.1) is 0 Å². The Bertz CT molecular complexity index is 401. The van der Waals surface area contributed by atoms with E-state index < -0.39 is 0 Å². The molecule has 0 spiro atoms. The van der Waals surface area contributed by atoms with Crippen LogP contribution in [0.2, 0.25) is 0 Å². The van der Waals surface area contributed by atoms with Crippen LogP contribution in [0.3, 0.4) is 0 Å². The summed E-state index contributed by atoms with van der Waals surface area (Å²) < 4.78 is 12.9. The Morgan fingerprint density at radius 1 is 1.29 bits per heavy atom. The first-order valence-corrected chi connectivity index (χ1v) is 7.16. The van der Waals surface area contributed by atoms with E-state index in [1.807, 2.05) is 6.07 Å². The number of hydrogen-bond donors (Lipinski definition) is 0. The molecule has 1 atom stereocenters. The third-order valence-electron chi connectivity index (χ3n) is 3.42. The molecular formula is C14H17BrO2. The molecule has 1 heterocycles. The molecule has 1 fully saturated rings. The van der Waals surface area contributed by atoms with Crippen LogP contribution in [0.4, 0.5) is 0 Å². The van der Waals surface area contributed by atoms with Crippen LogP contribution in [-0.4, -0.2) is 13.2 Å². The van der Waals surface area contributed by atoms with Crippen molar-refractivity contribution in [3.8, 4) is 5.75 Å². The average molecular weight is 297 g/mol. The van der Waals surface area contributed by atoms with E-state index in [0.717, 1.165) is 42.2 Å². The second-order valence-corrected chi connectivity index (χ2v) is 5.85. The molecule has 3 rings (SSSR count). The molecule has 1 aromatic rings. The van der Waals surface area contributed by atoms with Gasteiger partial charge in [0.1, 0.15) is 5.75 Å². The summed E-state index contributed by atoms with van der Waals surface area (Å²) in [6, 6.07) is 6.25. The van der Waals surface area contributed by atoms with Gasteiger partial charge in [-0.3, -0.25) is 0 Å². The van der Waals surface area contributed by atoms with Gasteiger partial charge in [-0.1, -0.05) is 22.0 Å². The van der Waals surface area contributed by atoms with E-state index in [9.17, 15) is 0 Å². The fraction of sp³-hybridized carbons (Fsp3) is 0.571. The minimum absolute atomic E-state index is 0.223. The minimum atomic E-state index is 0.223. The van der Waals surface area contributed by atoms with Gasteiger partial charge in [0.15, 0.2) is 0 Å². The maximum Gasteiger partial charge on any atom is 0.126 e. The molecule has 0 amide bonds. The highest BCUT2D eigenvalue weighted by molar-refractivity contribution is 9.10. The lowest BCUT2D eigenvalue weighted by molar-refractivity contribution is 0.0399. The first-order valence-electron chi connectivity index (χ1n) is 6.37. The number of rotatable bonds is 3. The molecule has 17 heavy (non-hydrogen) atoms. The Morgan fingerprint density at radius 3 is 3.00 bits per heavy atom. The molecule has 2 aliphatic rings. The monoisotopic (exact) mass is 296 g/mol. The lowest BCUT2D eigenvalue weighted by atomic mass is 10.0. The molecule has 3 heteroatoms. The molecule has 2 nitrogen and oxygen atoms in total. The second-order valence-electron chi connectivity index (χ2n) is 4.94. The first-order chi connectivity index (χ1) is 8.33. The number of benzene rings is 1. The molecule has 0 aromatic heterocycles. The third-order valence-corrected chi connectivity index (χ3v) is 3.91. The Hall–Kier alpha value is -0.540. The summed E-state index contributed by atoms with van der Waals surface area (Å²) in [5.74, 6) is 1.80. The number of ether oxygens (including phenoxy) is 2. The predicted octanol–water partition coefficient (Wildman–Crippen LogP) is 4.09. The molecule has 1 unspecified atom stereocenters. The number of hydrogen-bond acceptors (Lipinski definition) is 2. The zero-order valence-electron chi connectivity index (χ0n) is 9.82. The van der Waals surface area contributed by atoms with Crippen molar-refractivity contribution < 1.29 is 9.47 Å². The lowest BCUT2D eigenvalue weighted by Crippen LogP contribution is -2.06. The van der Waals surface area contributed by atoms with Crippen LogP contribution >= 0.6 is 15.9 Å². The maximum absolute atomic E-state index is 6.06. The Morgan fingerprint density at radius 2 is 2.18 bits per heavy atom. The lowest BCUT2D eigenvalue weighted by Gasteiger charge is -2.17. The van der Waals surface area contributed by atoms with Gasteiger partial charge in [0.05, 0.1) is 19.3 Å². The van der Waals surface area contributed by atoms with Gasteiger partial charge >= 0.3 is 0 Å². The number of halogens is 1. The predicted molar refractivity (Wildman–Crippen MR) is 70.3 cm³/mol. The van der Waals surface area contributed by atoms with Crippen LogP contribution in [0.25, 0.3) is 0 Å². The quantitative estimate of drug-likeness (QED) is 0.836. The minimum Gasteiger partial charge on any atom is -0.493 e. The zero-order chi connectivity index (χ0) is 11.7. The average Bonchev–Trinajstić information content (AvgIpc) is 3.12. The van der Waals surface area contributed by atoms with Crippen molar-refractivity contribution in [3.63, 3.8) is 0 Å². The van der Waals surface area contributed by atoms with E-state index >= 15 is 0 Å². The highest BCUT2D eigenvalue weighted by Gasteiger charge is 2.26. The van der Waals surface area contributed by atoms with Crippen molar-refractivity contribution in [2.75, 3.05) is 13.2 Å². The van der Waals surface area contributed by atoms with Crippen LogP contribution in [0.5, 0.6) is 5.75 Å². The Labute approximate surface area is 110 Å². The van der Waals surface area contributed by atoms with Gasteiger partial charge < -0.3 is 9.47 Å². The van der Waals surface area contributed by atoms with Gasteiger partial charge in [-0.05, 0) is 43.7 Å². The molecule has 0 bridgehead atoms. The van der Waals surface area contributed by atoms with E-state index in [4.69, 9.17) is 9.47 Å². The van der Waals surface area contributed by atoms with Crippen LogP contribution < -0.4 is 4.74 Å². The van der Waals surface area contributed by atoms with E-state index in [1.54, 1.807) is 0 Å². The van der Waals surface area contributed by atoms with Crippen molar-refractivity contribution in [3.05, 3.63) is 28.2 Å². The molecule has 1 saturated carbocycles. The van der Waals surface area contributed by atoms with Crippen molar-refractivity contribution in [1.82, 2.24) is 0 Å². The van der Waals surface area contributed by atoms with Gasteiger partial charge in [0.25, 0.3) is 0 Å². The number of fused-ring (bicyclic) bond motifs is 1. The van der Waals surface area contributed by atoms with Gasteiger partial charge in [0.2, 0.25) is 0 Å². The summed E-state index contributed by atoms with van der Waals surface area (Å²) in [7, 11) is 0.